The van der Waals surface area contributed by atoms with E-state index in [1.54, 1.807) is 22.7 Å². The number of alkyl halides is 1. The van der Waals surface area contributed by atoms with Crippen LogP contribution >= 0.6 is 50.2 Å². The van der Waals surface area contributed by atoms with Crippen LogP contribution in [0.15, 0.2) is 26.7 Å². The van der Waals surface area contributed by atoms with Crippen LogP contribution in [0.5, 0.6) is 0 Å². The molecule has 2 aromatic heterocycles. The van der Waals surface area contributed by atoms with Crippen molar-refractivity contribution in [2.75, 3.05) is 0 Å². The Kier molecular flexibility index (Phi) is 3.88. The Morgan fingerprint density at radius 3 is 2.87 bits per heavy atom. The zero-order valence-electron chi connectivity index (χ0n) is 8.17. The van der Waals surface area contributed by atoms with E-state index >= 15 is 0 Å². The Hall–Kier alpha value is 0.170. The molecule has 0 aliphatic heterocycles. The third-order valence-corrected chi connectivity index (χ3v) is 5.68. The standard InChI is InChI=1S/C11H10BrClS2/c1-7-4-10(15-11(7)12)9(13)5-8-2-3-14-6-8/h2-4,6,9H,5H2,1H3. The van der Waals surface area contributed by atoms with Crippen molar-refractivity contribution in [1.82, 2.24) is 0 Å². The number of halogens is 2. The zero-order chi connectivity index (χ0) is 10.8. The van der Waals surface area contributed by atoms with Gasteiger partial charge < -0.3 is 0 Å². The van der Waals surface area contributed by atoms with Gasteiger partial charge in [-0.15, -0.1) is 22.9 Å². The summed E-state index contributed by atoms with van der Waals surface area (Å²) in [6, 6.07) is 4.30. The number of thiophene rings is 2. The smallest absolute Gasteiger partial charge is 0.0731 e. The molecule has 15 heavy (non-hydrogen) atoms. The third kappa shape index (κ3) is 2.84. The quantitative estimate of drug-likeness (QED) is 0.664. The van der Waals surface area contributed by atoms with Gasteiger partial charge in [0.2, 0.25) is 0 Å². The van der Waals surface area contributed by atoms with Crippen molar-refractivity contribution in [3.05, 3.63) is 42.7 Å². The van der Waals surface area contributed by atoms with Crippen LogP contribution < -0.4 is 0 Å². The average molecular weight is 322 g/mol. The molecule has 0 aliphatic carbocycles. The predicted molar refractivity (Wildman–Crippen MR) is 73.4 cm³/mol. The summed E-state index contributed by atoms with van der Waals surface area (Å²) in [6.07, 6.45) is 0.914. The molecule has 0 fully saturated rings. The van der Waals surface area contributed by atoms with Gasteiger partial charge in [0.1, 0.15) is 0 Å². The molecule has 0 radical (unpaired) electrons. The second kappa shape index (κ2) is 5.00. The van der Waals surface area contributed by atoms with Crippen LogP contribution in [0.3, 0.4) is 0 Å². The maximum Gasteiger partial charge on any atom is 0.0731 e. The second-order valence-electron chi connectivity index (χ2n) is 3.41. The number of hydrogen-bond acceptors (Lipinski definition) is 2. The van der Waals surface area contributed by atoms with Gasteiger partial charge in [0, 0.05) is 4.88 Å². The molecule has 4 heteroatoms. The van der Waals surface area contributed by atoms with Gasteiger partial charge >= 0.3 is 0 Å². The molecule has 1 unspecified atom stereocenters. The minimum atomic E-state index is 0.0922. The summed E-state index contributed by atoms with van der Waals surface area (Å²) in [5.41, 5.74) is 2.59. The first-order valence-electron chi connectivity index (χ1n) is 4.58. The molecule has 0 bridgehead atoms. The second-order valence-corrected chi connectivity index (χ2v) is 7.12. The molecule has 0 nitrogen and oxygen atoms in total. The lowest BCUT2D eigenvalue weighted by atomic mass is 10.1. The minimum Gasteiger partial charge on any atom is -0.152 e. The van der Waals surface area contributed by atoms with E-state index in [9.17, 15) is 0 Å². The van der Waals surface area contributed by atoms with Crippen molar-refractivity contribution in [2.45, 2.75) is 18.7 Å². The van der Waals surface area contributed by atoms with Crippen LogP contribution in [0.25, 0.3) is 0 Å². The fourth-order valence-corrected chi connectivity index (χ4v) is 3.96. The molecule has 0 amide bonds. The van der Waals surface area contributed by atoms with Crippen molar-refractivity contribution in [2.24, 2.45) is 0 Å². The Morgan fingerprint density at radius 1 is 1.53 bits per heavy atom. The summed E-state index contributed by atoms with van der Waals surface area (Å²) < 4.78 is 1.19. The number of hydrogen-bond donors (Lipinski definition) is 0. The molecular formula is C11H10BrClS2. The van der Waals surface area contributed by atoms with Crippen LogP contribution in [-0.2, 0) is 6.42 Å². The summed E-state index contributed by atoms with van der Waals surface area (Å²) in [5.74, 6) is 0. The topological polar surface area (TPSA) is 0 Å². The summed E-state index contributed by atoms with van der Waals surface area (Å²) in [7, 11) is 0. The number of rotatable bonds is 3. The van der Waals surface area contributed by atoms with Gasteiger partial charge in [0.25, 0.3) is 0 Å². The van der Waals surface area contributed by atoms with Crippen molar-refractivity contribution in [3.8, 4) is 0 Å². The van der Waals surface area contributed by atoms with E-state index in [1.165, 1.54) is 19.8 Å². The van der Waals surface area contributed by atoms with E-state index in [2.05, 4.69) is 45.7 Å². The summed E-state index contributed by atoms with van der Waals surface area (Å²) in [6.45, 7) is 2.10. The Bertz CT molecular complexity index is 414. The van der Waals surface area contributed by atoms with Crippen LogP contribution in [0.1, 0.15) is 21.4 Å². The molecule has 2 rings (SSSR count). The SMILES string of the molecule is Cc1cc(C(Cl)Cc2ccsc2)sc1Br. The fraction of sp³-hybridized carbons (Fsp3) is 0.273. The Labute approximate surface area is 111 Å². The van der Waals surface area contributed by atoms with Gasteiger partial charge in [-0.1, -0.05) is 0 Å². The average Bonchev–Trinajstić information content (AvgIpc) is 2.78. The molecule has 0 saturated carbocycles. The van der Waals surface area contributed by atoms with E-state index < -0.39 is 0 Å². The van der Waals surface area contributed by atoms with E-state index in [0.29, 0.717) is 0 Å². The van der Waals surface area contributed by atoms with Crippen LogP contribution in [-0.4, -0.2) is 0 Å². The summed E-state index contributed by atoms with van der Waals surface area (Å²) >= 11 is 13.4. The highest BCUT2D eigenvalue weighted by molar-refractivity contribution is 9.11. The van der Waals surface area contributed by atoms with Crippen molar-refractivity contribution >= 4 is 50.2 Å². The molecule has 0 spiro atoms. The maximum atomic E-state index is 6.38. The zero-order valence-corrected chi connectivity index (χ0v) is 12.1. The highest BCUT2D eigenvalue weighted by atomic mass is 79.9. The van der Waals surface area contributed by atoms with Gasteiger partial charge in [0.15, 0.2) is 0 Å². The molecule has 0 aromatic carbocycles. The number of aryl methyl sites for hydroxylation is 1. The normalized spacial score (nSPS) is 13.0. The van der Waals surface area contributed by atoms with Crippen molar-refractivity contribution in [3.63, 3.8) is 0 Å². The van der Waals surface area contributed by atoms with Gasteiger partial charge in [0.05, 0.1) is 9.16 Å². The van der Waals surface area contributed by atoms with E-state index in [-0.39, 0.29) is 5.38 Å². The summed E-state index contributed by atoms with van der Waals surface area (Å²) in [4.78, 5) is 1.24. The minimum absolute atomic E-state index is 0.0922. The highest BCUT2D eigenvalue weighted by Gasteiger charge is 2.13. The molecule has 0 saturated heterocycles. The van der Waals surface area contributed by atoms with Crippen LogP contribution in [0, 0.1) is 6.92 Å². The first kappa shape index (κ1) is 11.6. The van der Waals surface area contributed by atoms with Gasteiger partial charge in [-0.05, 0) is 63.3 Å². The van der Waals surface area contributed by atoms with E-state index in [4.69, 9.17) is 11.6 Å². The molecule has 0 N–H and O–H groups in total. The molecule has 80 valence electrons. The van der Waals surface area contributed by atoms with Crippen molar-refractivity contribution < 1.29 is 0 Å². The van der Waals surface area contributed by atoms with E-state index in [1.807, 2.05) is 0 Å². The lowest BCUT2D eigenvalue weighted by molar-refractivity contribution is 0.944. The molecule has 2 aromatic rings. The van der Waals surface area contributed by atoms with Crippen LogP contribution in [0.2, 0.25) is 0 Å². The third-order valence-electron chi connectivity index (χ3n) is 2.18. The lowest BCUT2D eigenvalue weighted by Crippen LogP contribution is -1.91. The van der Waals surface area contributed by atoms with E-state index in [0.717, 1.165) is 6.42 Å². The largest absolute Gasteiger partial charge is 0.152 e. The first-order chi connectivity index (χ1) is 7.16. The highest BCUT2D eigenvalue weighted by Crippen LogP contribution is 2.36. The fourth-order valence-electron chi connectivity index (χ4n) is 1.35. The van der Waals surface area contributed by atoms with Crippen molar-refractivity contribution in [1.29, 1.82) is 0 Å². The molecule has 2 heterocycles. The molecular weight excluding hydrogens is 312 g/mol. The lowest BCUT2D eigenvalue weighted by Gasteiger charge is -2.04. The Balaban J connectivity index is 2.11. The van der Waals surface area contributed by atoms with Gasteiger partial charge in [-0.3, -0.25) is 0 Å². The van der Waals surface area contributed by atoms with Gasteiger partial charge in [-0.2, -0.15) is 11.3 Å². The molecule has 1 atom stereocenters. The maximum absolute atomic E-state index is 6.38. The van der Waals surface area contributed by atoms with Crippen LogP contribution in [0.4, 0.5) is 0 Å². The predicted octanol–water partition coefficient (Wildman–Crippen LogP) is 5.40. The van der Waals surface area contributed by atoms with Gasteiger partial charge in [-0.25, -0.2) is 0 Å². The monoisotopic (exact) mass is 320 g/mol. The first-order valence-corrected chi connectivity index (χ1v) is 7.56. The Morgan fingerprint density at radius 2 is 2.33 bits per heavy atom. The summed E-state index contributed by atoms with van der Waals surface area (Å²) in [5, 5.41) is 4.34. The molecule has 0 aliphatic rings.